The SMILES string of the molecule is Cc1cc(NC2CCC(NC(=O)COc3ccc(OC(F)(F)F)cc3)CC2)nc2ccccc12.O=C(O)C(F)(F)F. The smallest absolute Gasteiger partial charge is 0.484 e. The van der Waals surface area contributed by atoms with Crippen molar-refractivity contribution >= 4 is 28.6 Å². The zero-order valence-corrected chi connectivity index (χ0v) is 21.7. The molecule has 0 aliphatic heterocycles. The number of nitrogens with zero attached hydrogens (tertiary/aromatic N) is 1. The summed E-state index contributed by atoms with van der Waals surface area (Å²) in [5.41, 5.74) is 2.14. The van der Waals surface area contributed by atoms with E-state index >= 15 is 0 Å². The molecule has 14 heteroatoms. The molecular formula is C27H27F6N3O5. The van der Waals surface area contributed by atoms with E-state index in [2.05, 4.69) is 34.4 Å². The first-order valence-corrected chi connectivity index (χ1v) is 12.4. The number of pyridine rings is 1. The lowest BCUT2D eigenvalue weighted by molar-refractivity contribution is -0.274. The van der Waals surface area contributed by atoms with Crippen LogP contribution in [-0.4, -0.2) is 53.2 Å². The molecule has 222 valence electrons. The minimum Gasteiger partial charge on any atom is -0.484 e. The van der Waals surface area contributed by atoms with Gasteiger partial charge in [-0.25, -0.2) is 9.78 Å². The molecule has 1 amide bonds. The van der Waals surface area contributed by atoms with Gasteiger partial charge in [0.25, 0.3) is 5.91 Å². The van der Waals surface area contributed by atoms with E-state index in [-0.39, 0.29) is 36.1 Å². The number of halogens is 6. The van der Waals surface area contributed by atoms with Gasteiger partial charge in [0.05, 0.1) is 5.52 Å². The molecule has 4 rings (SSSR count). The maximum Gasteiger partial charge on any atom is 0.573 e. The Balaban J connectivity index is 0.000000587. The lowest BCUT2D eigenvalue weighted by Crippen LogP contribution is -2.42. The van der Waals surface area contributed by atoms with Crippen molar-refractivity contribution in [2.75, 3.05) is 11.9 Å². The molecule has 1 aliphatic carbocycles. The number of carbonyl (C=O) groups excluding carboxylic acids is 1. The topological polar surface area (TPSA) is 110 Å². The molecule has 1 saturated carbocycles. The van der Waals surface area contributed by atoms with Crippen LogP contribution >= 0.6 is 0 Å². The van der Waals surface area contributed by atoms with Crippen molar-refractivity contribution in [3.05, 3.63) is 60.2 Å². The van der Waals surface area contributed by atoms with Gasteiger partial charge < -0.3 is 25.2 Å². The molecule has 0 unspecified atom stereocenters. The zero-order valence-electron chi connectivity index (χ0n) is 21.7. The molecular weight excluding hydrogens is 560 g/mol. The second-order valence-electron chi connectivity index (χ2n) is 9.21. The number of hydrogen-bond donors (Lipinski definition) is 3. The highest BCUT2D eigenvalue weighted by atomic mass is 19.4. The minimum absolute atomic E-state index is 0.0583. The quantitative estimate of drug-likeness (QED) is 0.291. The Morgan fingerprint density at radius 1 is 0.927 bits per heavy atom. The van der Waals surface area contributed by atoms with Crippen LogP contribution in [-0.2, 0) is 9.59 Å². The summed E-state index contributed by atoms with van der Waals surface area (Å²) < 4.78 is 77.5. The number of rotatable bonds is 7. The van der Waals surface area contributed by atoms with Crippen LogP contribution in [0.1, 0.15) is 31.2 Å². The summed E-state index contributed by atoms with van der Waals surface area (Å²) in [4.78, 5) is 25.8. The summed E-state index contributed by atoms with van der Waals surface area (Å²) in [5.74, 6) is -2.21. The second kappa shape index (κ2) is 13.4. The standard InChI is InChI=1S/C25H26F3N3O3.C2HF3O2/c1-16-14-23(31-22-5-3-2-4-21(16)22)29-17-6-8-18(9-7-17)30-24(32)15-33-19-10-12-20(13-11-19)34-25(26,27)28;3-2(4,5)1(6)7/h2-5,10-14,17-18H,6-9,15H2,1H3,(H,29,31)(H,30,32);(H,6,7). The van der Waals surface area contributed by atoms with Gasteiger partial charge in [-0.05, 0) is 74.6 Å². The highest BCUT2D eigenvalue weighted by molar-refractivity contribution is 5.83. The van der Waals surface area contributed by atoms with E-state index in [1.807, 2.05) is 18.2 Å². The molecule has 0 radical (unpaired) electrons. The van der Waals surface area contributed by atoms with Crippen LogP contribution in [0.3, 0.4) is 0 Å². The molecule has 2 aromatic carbocycles. The Morgan fingerprint density at radius 2 is 1.49 bits per heavy atom. The Hall–Kier alpha value is -4.23. The number of fused-ring (bicyclic) bond motifs is 1. The van der Waals surface area contributed by atoms with Crippen molar-refractivity contribution in [3.8, 4) is 11.5 Å². The highest BCUT2D eigenvalue weighted by Gasteiger charge is 2.38. The number of para-hydroxylation sites is 1. The summed E-state index contributed by atoms with van der Waals surface area (Å²) in [6, 6.07) is 15.4. The Kier molecular flexibility index (Phi) is 10.2. The van der Waals surface area contributed by atoms with Crippen LogP contribution in [0.5, 0.6) is 11.5 Å². The number of alkyl halides is 6. The lowest BCUT2D eigenvalue weighted by Gasteiger charge is -2.30. The highest BCUT2D eigenvalue weighted by Crippen LogP contribution is 2.26. The van der Waals surface area contributed by atoms with E-state index in [9.17, 15) is 31.1 Å². The van der Waals surface area contributed by atoms with E-state index in [4.69, 9.17) is 19.6 Å². The summed E-state index contributed by atoms with van der Waals surface area (Å²) >= 11 is 0. The molecule has 0 saturated heterocycles. The van der Waals surface area contributed by atoms with Crippen LogP contribution in [0.15, 0.2) is 54.6 Å². The number of ether oxygens (including phenoxy) is 2. The predicted molar refractivity (Wildman–Crippen MR) is 137 cm³/mol. The molecule has 3 N–H and O–H groups in total. The maximum atomic E-state index is 12.2. The first kappa shape index (κ1) is 31.3. The van der Waals surface area contributed by atoms with Crippen molar-refractivity contribution in [2.24, 2.45) is 0 Å². The van der Waals surface area contributed by atoms with Crippen molar-refractivity contribution in [3.63, 3.8) is 0 Å². The van der Waals surface area contributed by atoms with Crippen molar-refractivity contribution < 1.29 is 50.5 Å². The third kappa shape index (κ3) is 10.4. The fraction of sp³-hybridized carbons (Fsp3) is 0.370. The monoisotopic (exact) mass is 587 g/mol. The molecule has 1 aliphatic rings. The number of anilines is 1. The van der Waals surface area contributed by atoms with Crippen molar-refractivity contribution in [1.29, 1.82) is 0 Å². The predicted octanol–water partition coefficient (Wildman–Crippen LogP) is 5.99. The van der Waals surface area contributed by atoms with Gasteiger partial charge in [0.15, 0.2) is 6.61 Å². The molecule has 1 fully saturated rings. The number of aryl methyl sites for hydroxylation is 1. The number of nitrogens with one attached hydrogen (secondary N) is 2. The number of carboxylic acids is 1. The van der Waals surface area contributed by atoms with Crippen LogP contribution in [0.2, 0.25) is 0 Å². The van der Waals surface area contributed by atoms with E-state index < -0.39 is 18.5 Å². The second-order valence-corrected chi connectivity index (χ2v) is 9.21. The van der Waals surface area contributed by atoms with Gasteiger partial charge in [-0.3, -0.25) is 4.79 Å². The number of benzene rings is 2. The number of aliphatic carboxylic acids is 1. The zero-order chi connectivity index (χ0) is 30.2. The normalized spacial score (nSPS) is 17.1. The summed E-state index contributed by atoms with van der Waals surface area (Å²) in [5, 5.41) is 14.8. The van der Waals surface area contributed by atoms with Gasteiger partial charge in [0.1, 0.15) is 17.3 Å². The Morgan fingerprint density at radius 3 is 2.07 bits per heavy atom. The fourth-order valence-corrected chi connectivity index (χ4v) is 4.17. The van der Waals surface area contributed by atoms with E-state index in [0.29, 0.717) is 0 Å². The Labute approximate surface area is 230 Å². The van der Waals surface area contributed by atoms with Crippen LogP contribution in [0.4, 0.5) is 32.2 Å². The van der Waals surface area contributed by atoms with Gasteiger partial charge in [0.2, 0.25) is 0 Å². The van der Waals surface area contributed by atoms with Gasteiger partial charge in [-0.15, -0.1) is 13.2 Å². The number of carboxylic acid groups (broad SMARTS) is 1. The lowest BCUT2D eigenvalue weighted by atomic mass is 9.91. The summed E-state index contributed by atoms with van der Waals surface area (Å²) in [6.45, 7) is 1.87. The van der Waals surface area contributed by atoms with Gasteiger partial charge in [-0.1, -0.05) is 18.2 Å². The number of aromatic nitrogens is 1. The van der Waals surface area contributed by atoms with Crippen LogP contribution in [0, 0.1) is 6.92 Å². The fourth-order valence-electron chi connectivity index (χ4n) is 4.17. The van der Waals surface area contributed by atoms with Crippen LogP contribution < -0.4 is 20.1 Å². The largest absolute Gasteiger partial charge is 0.573 e. The van der Waals surface area contributed by atoms with E-state index in [1.165, 1.54) is 17.7 Å². The molecule has 3 aromatic rings. The molecule has 0 atom stereocenters. The molecule has 8 nitrogen and oxygen atoms in total. The summed E-state index contributed by atoms with van der Waals surface area (Å²) in [7, 11) is 0. The van der Waals surface area contributed by atoms with E-state index in [0.717, 1.165) is 54.5 Å². The van der Waals surface area contributed by atoms with Gasteiger partial charge >= 0.3 is 18.5 Å². The van der Waals surface area contributed by atoms with Crippen molar-refractivity contribution in [1.82, 2.24) is 10.3 Å². The molecule has 0 bridgehead atoms. The first-order chi connectivity index (χ1) is 19.2. The number of carbonyl (C=O) groups is 2. The van der Waals surface area contributed by atoms with Gasteiger partial charge in [0, 0.05) is 17.5 Å². The van der Waals surface area contributed by atoms with Gasteiger partial charge in [-0.2, -0.15) is 13.2 Å². The average Bonchev–Trinajstić information content (AvgIpc) is 2.88. The minimum atomic E-state index is -5.08. The number of hydrogen-bond acceptors (Lipinski definition) is 6. The maximum absolute atomic E-state index is 12.2. The third-order valence-corrected chi connectivity index (χ3v) is 6.04. The average molecular weight is 588 g/mol. The first-order valence-electron chi connectivity index (χ1n) is 12.4. The van der Waals surface area contributed by atoms with Crippen LogP contribution in [0.25, 0.3) is 10.9 Å². The molecule has 0 spiro atoms. The van der Waals surface area contributed by atoms with E-state index in [1.54, 1.807) is 0 Å². The number of amides is 1. The third-order valence-electron chi connectivity index (χ3n) is 6.04. The molecule has 1 aromatic heterocycles. The summed E-state index contributed by atoms with van der Waals surface area (Å²) in [6.07, 6.45) is -6.36. The Bertz CT molecular complexity index is 1320. The molecule has 1 heterocycles. The molecule has 41 heavy (non-hydrogen) atoms. The van der Waals surface area contributed by atoms with Crippen molar-refractivity contribution in [2.45, 2.75) is 57.2 Å².